The van der Waals surface area contributed by atoms with Crippen molar-refractivity contribution < 1.29 is 14.6 Å². The molecule has 2 rings (SSSR count). The molecule has 0 atom stereocenters. The van der Waals surface area contributed by atoms with E-state index in [9.17, 15) is 4.79 Å². The smallest absolute Gasteiger partial charge is 0.306 e. The van der Waals surface area contributed by atoms with Gasteiger partial charge in [0.2, 0.25) is 7.59 Å². The largest absolute Gasteiger partial charge is 0.493 e. The zero-order valence-corrected chi connectivity index (χ0v) is 18.1. The fraction of sp³-hybridized carbons (Fsp3) is 0.333. The van der Waals surface area contributed by atoms with Crippen LogP contribution >= 0.6 is 69.6 Å². The number of carboxylic acids is 1. The Labute approximate surface area is 184 Å². The molecule has 0 aliphatic heterocycles. The number of alkyl halides is 6. The number of hydrogen-bond acceptors (Lipinski definition) is 5. The molecule has 6 nitrogen and oxygen atoms in total. The maximum Gasteiger partial charge on any atom is 0.306 e. The lowest BCUT2D eigenvalue weighted by Crippen LogP contribution is -2.17. The van der Waals surface area contributed by atoms with Crippen LogP contribution in [0.15, 0.2) is 18.2 Å². The van der Waals surface area contributed by atoms with E-state index >= 15 is 0 Å². The molecular formula is C15H11Cl6N3O3. The third-order valence-electron chi connectivity index (χ3n) is 3.17. The monoisotopic (exact) mass is 491 g/mol. The number of carbonyl (C=O) groups is 1. The number of aliphatic carboxylic acids is 1. The molecule has 0 saturated heterocycles. The SMILES string of the molecule is Cc1cc(OCCC(=O)O)ccc1-c1nc(C(Cl)(Cl)Cl)nc(C(Cl)(Cl)Cl)n1. The zero-order chi connectivity index (χ0) is 20.4. The van der Waals surface area contributed by atoms with Crippen molar-refractivity contribution in [2.45, 2.75) is 20.9 Å². The van der Waals surface area contributed by atoms with E-state index in [1.54, 1.807) is 25.1 Å². The molecule has 0 aliphatic carbocycles. The average Bonchev–Trinajstić information content (AvgIpc) is 2.52. The summed E-state index contributed by atoms with van der Waals surface area (Å²) in [7, 11) is 0. The number of halogens is 6. The van der Waals surface area contributed by atoms with Crippen molar-refractivity contribution in [2.24, 2.45) is 0 Å². The molecule has 1 aromatic carbocycles. The van der Waals surface area contributed by atoms with Gasteiger partial charge >= 0.3 is 5.97 Å². The van der Waals surface area contributed by atoms with Crippen molar-refractivity contribution in [2.75, 3.05) is 6.61 Å². The van der Waals surface area contributed by atoms with Gasteiger partial charge in [-0.25, -0.2) is 15.0 Å². The van der Waals surface area contributed by atoms with E-state index in [2.05, 4.69) is 15.0 Å². The Kier molecular flexibility index (Phi) is 7.28. The predicted molar refractivity (Wildman–Crippen MR) is 106 cm³/mol. The molecule has 0 aliphatic rings. The van der Waals surface area contributed by atoms with Gasteiger partial charge in [-0.1, -0.05) is 69.6 Å². The normalized spacial score (nSPS) is 12.1. The van der Waals surface area contributed by atoms with Crippen LogP contribution in [-0.4, -0.2) is 32.6 Å². The molecular weight excluding hydrogens is 483 g/mol. The lowest BCUT2D eigenvalue weighted by molar-refractivity contribution is -0.137. The molecule has 0 amide bonds. The van der Waals surface area contributed by atoms with Crippen LogP contribution < -0.4 is 4.74 Å². The van der Waals surface area contributed by atoms with Gasteiger partial charge in [-0.15, -0.1) is 0 Å². The van der Waals surface area contributed by atoms with E-state index in [4.69, 9.17) is 79.4 Å². The van der Waals surface area contributed by atoms with Crippen LogP contribution in [-0.2, 0) is 12.4 Å². The molecule has 1 N–H and O–H groups in total. The standard InChI is InChI=1S/C15H11Cl6N3O3/c1-7-6-8(27-5-4-10(25)26)2-3-9(7)11-22-12(14(16,17)18)24-13(23-11)15(19,20)21/h2-3,6H,4-5H2,1H3,(H,25,26). The average molecular weight is 494 g/mol. The highest BCUT2D eigenvalue weighted by molar-refractivity contribution is 6.67. The lowest BCUT2D eigenvalue weighted by Gasteiger charge is -2.16. The van der Waals surface area contributed by atoms with Gasteiger partial charge in [0.25, 0.3) is 0 Å². The fourth-order valence-corrected chi connectivity index (χ4v) is 2.49. The summed E-state index contributed by atoms with van der Waals surface area (Å²) in [5.74, 6) is -0.719. The van der Waals surface area contributed by atoms with Gasteiger partial charge < -0.3 is 9.84 Å². The van der Waals surface area contributed by atoms with Crippen LogP contribution in [0, 0.1) is 6.92 Å². The minimum absolute atomic E-state index is 0.0364. The Morgan fingerprint density at radius 1 is 1.04 bits per heavy atom. The third-order valence-corrected chi connectivity index (χ3v) is 4.18. The van der Waals surface area contributed by atoms with Crippen LogP contribution in [0.5, 0.6) is 5.75 Å². The highest BCUT2D eigenvalue weighted by atomic mass is 35.6. The molecule has 0 fully saturated rings. The van der Waals surface area contributed by atoms with Crippen molar-refractivity contribution in [3.63, 3.8) is 0 Å². The molecule has 1 aromatic heterocycles. The van der Waals surface area contributed by atoms with Gasteiger partial charge in [-0.3, -0.25) is 4.79 Å². The van der Waals surface area contributed by atoms with Crippen LogP contribution in [0.2, 0.25) is 0 Å². The van der Waals surface area contributed by atoms with Gasteiger partial charge in [0.15, 0.2) is 17.5 Å². The van der Waals surface area contributed by atoms with Gasteiger partial charge in [-0.2, -0.15) is 0 Å². The Hall–Kier alpha value is -0.760. The highest BCUT2D eigenvalue weighted by Gasteiger charge is 2.34. The van der Waals surface area contributed by atoms with Crippen molar-refractivity contribution in [1.82, 2.24) is 15.0 Å². The summed E-state index contributed by atoms with van der Waals surface area (Å²) in [6.07, 6.45) is -0.118. The zero-order valence-electron chi connectivity index (χ0n) is 13.5. The first-order chi connectivity index (χ1) is 12.4. The quantitative estimate of drug-likeness (QED) is 0.565. The van der Waals surface area contributed by atoms with Crippen LogP contribution in [0.3, 0.4) is 0 Å². The molecule has 2 aromatic rings. The second kappa shape index (κ2) is 8.72. The molecule has 0 radical (unpaired) electrons. The molecule has 0 bridgehead atoms. The van der Waals surface area contributed by atoms with E-state index in [0.29, 0.717) is 16.9 Å². The van der Waals surface area contributed by atoms with E-state index in [1.807, 2.05) is 0 Å². The Morgan fingerprint density at radius 2 is 1.59 bits per heavy atom. The summed E-state index contributed by atoms with van der Waals surface area (Å²) < 4.78 is 1.49. The molecule has 0 unspecified atom stereocenters. The van der Waals surface area contributed by atoms with Crippen LogP contribution in [0.1, 0.15) is 23.6 Å². The first-order valence-electron chi connectivity index (χ1n) is 7.24. The molecule has 0 saturated carbocycles. The van der Waals surface area contributed by atoms with Crippen molar-refractivity contribution >= 4 is 75.6 Å². The van der Waals surface area contributed by atoms with E-state index in [0.717, 1.165) is 0 Å². The summed E-state index contributed by atoms with van der Waals surface area (Å²) in [6, 6.07) is 4.97. The molecule has 146 valence electrons. The fourth-order valence-electron chi connectivity index (χ4n) is 1.98. The number of ether oxygens (including phenoxy) is 1. The minimum atomic E-state index is -1.95. The summed E-state index contributed by atoms with van der Waals surface area (Å²) in [5.41, 5.74) is 1.27. The lowest BCUT2D eigenvalue weighted by atomic mass is 10.1. The number of aryl methyl sites for hydroxylation is 1. The number of hydrogen-bond donors (Lipinski definition) is 1. The van der Waals surface area contributed by atoms with Gasteiger partial charge in [-0.05, 0) is 30.7 Å². The van der Waals surface area contributed by atoms with Crippen LogP contribution in [0.25, 0.3) is 11.4 Å². The second-order valence-corrected chi connectivity index (χ2v) is 9.83. The Bertz CT molecular complexity index is 819. The van der Waals surface area contributed by atoms with Crippen LogP contribution in [0.4, 0.5) is 0 Å². The highest BCUT2D eigenvalue weighted by Crippen LogP contribution is 2.41. The molecule has 12 heteroatoms. The number of rotatable bonds is 5. The van der Waals surface area contributed by atoms with E-state index in [1.165, 1.54) is 0 Å². The number of aromatic nitrogens is 3. The minimum Gasteiger partial charge on any atom is -0.493 e. The van der Waals surface area contributed by atoms with Gasteiger partial charge in [0.05, 0.1) is 13.0 Å². The van der Waals surface area contributed by atoms with Gasteiger partial charge in [0.1, 0.15) is 5.75 Å². The van der Waals surface area contributed by atoms with Crippen molar-refractivity contribution in [1.29, 1.82) is 0 Å². The number of benzene rings is 1. The molecule has 0 spiro atoms. The second-order valence-electron chi connectivity index (χ2n) is 5.27. The van der Waals surface area contributed by atoms with E-state index < -0.39 is 13.6 Å². The Balaban J connectivity index is 2.43. The van der Waals surface area contributed by atoms with Crippen molar-refractivity contribution in [3.8, 4) is 17.1 Å². The number of nitrogens with zero attached hydrogens (tertiary/aromatic N) is 3. The molecule has 1 heterocycles. The third kappa shape index (κ3) is 6.38. The summed E-state index contributed by atoms with van der Waals surface area (Å²) in [4.78, 5) is 22.8. The summed E-state index contributed by atoms with van der Waals surface area (Å²) in [6.45, 7) is 1.81. The topological polar surface area (TPSA) is 85.2 Å². The summed E-state index contributed by atoms with van der Waals surface area (Å²) in [5, 5.41) is 8.66. The first-order valence-corrected chi connectivity index (χ1v) is 9.51. The van der Waals surface area contributed by atoms with E-state index in [-0.39, 0.29) is 30.5 Å². The maximum absolute atomic E-state index is 10.6. The number of carboxylic acid groups (broad SMARTS) is 1. The maximum atomic E-state index is 10.6. The van der Waals surface area contributed by atoms with Crippen molar-refractivity contribution in [3.05, 3.63) is 35.4 Å². The Morgan fingerprint density at radius 3 is 2.04 bits per heavy atom. The predicted octanol–water partition coefficient (Wildman–Crippen LogP) is 5.35. The summed E-state index contributed by atoms with van der Waals surface area (Å²) >= 11 is 35.2. The molecule has 27 heavy (non-hydrogen) atoms. The first kappa shape index (κ1) is 22.5. The van der Waals surface area contributed by atoms with Gasteiger partial charge in [0, 0.05) is 5.56 Å².